The second kappa shape index (κ2) is 14.3. The minimum absolute atomic E-state index is 0.0358. The molecule has 0 N–H and O–H groups in total. The Morgan fingerprint density at radius 3 is 1.99 bits per heavy atom. The first-order chi connectivity index (χ1) is 32.4. The molecule has 67 heavy (non-hydrogen) atoms. The van der Waals surface area contributed by atoms with Crippen LogP contribution in [0.15, 0.2) is 174 Å². The lowest BCUT2D eigenvalue weighted by Crippen LogP contribution is -2.60. The maximum atomic E-state index is 7.28. The van der Waals surface area contributed by atoms with Crippen molar-refractivity contribution in [2.24, 2.45) is 0 Å². The molecule has 0 spiro atoms. The minimum atomic E-state index is -0.156. The van der Waals surface area contributed by atoms with Crippen molar-refractivity contribution >= 4 is 88.9 Å². The molecule has 3 aliphatic rings. The Labute approximate surface area is 398 Å². The number of rotatable bonds is 4. The molecule has 13 rings (SSSR count). The van der Waals surface area contributed by atoms with Gasteiger partial charge in [-0.2, -0.15) is 0 Å². The van der Waals surface area contributed by atoms with Crippen LogP contribution in [0.25, 0.3) is 65.4 Å². The largest absolute Gasteiger partial charge is 0.454 e. The highest BCUT2D eigenvalue weighted by atomic mass is 32.1. The standard InChI is InChI=1S/C62H53BN2OS/c1-60(2,3)41-27-31-51(46(35-41)39-20-12-9-13-21-39)64-56-45-23-15-17-25-54(45)67-59(56)63-55-47(37-48-44-22-14-16-24-53(44)66-58(48)57(55)64)43-29-26-40(38-18-10-8-11-19-38)34-52(43)65(63)42-28-30-49-50(36-42)62(6,7)33-32-61(49,4)5/h8-31,34-37H,32-33H2,1-7H3. The average molecular weight is 885 g/mol. The van der Waals surface area contributed by atoms with Gasteiger partial charge in [-0.1, -0.05) is 170 Å². The van der Waals surface area contributed by atoms with Gasteiger partial charge in [0.2, 0.25) is 0 Å². The third-order valence-corrected chi connectivity index (χ3v) is 16.7. The fraction of sp³-hybridized carbons (Fsp3) is 0.194. The van der Waals surface area contributed by atoms with E-state index < -0.39 is 0 Å². The zero-order valence-corrected chi connectivity index (χ0v) is 40.2. The topological polar surface area (TPSA) is 19.6 Å². The number of para-hydroxylation sites is 1. The van der Waals surface area contributed by atoms with Gasteiger partial charge in [-0.15, -0.1) is 11.3 Å². The van der Waals surface area contributed by atoms with Crippen molar-refractivity contribution in [1.29, 1.82) is 0 Å². The van der Waals surface area contributed by atoms with Crippen molar-refractivity contribution in [2.45, 2.75) is 77.6 Å². The maximum absolute atomic E-state index is 7.28. The number of fused-ring (bicyclic) bond motifs is 11. The highest BCUT2D eigenvalue weighted by Gasteiger charge is 2.49. The molecule has 0 saturated heterocycles. The zero-order chi connectivity index (χ0) is 45.6. The molecule has 0 amide bonds. The molecule has 0 bridgehead atoms. The molecule has 326 valence electrons. The third-order valence-electron chi connectivity index (χ3n) is 15.5. The van der Waals surface area contributed by atoms with E-state index in [-0.39, 0.29) is 23.1 Å². The fourth-order valence-corrected chi connectivity index (χ4v) is 13.0. The summed E-state index contributed by atoms with van der Waals surface area (Å²) in [6, 6.07) is 63.9. The zero-order valence-electron chi connectivity index (χ0n) is 39.4. The van der Waals surface area contributed by atoms with Crippen LogP contribution >= 0.6 is 11.3 Å². The number of hydrogen-bond donors (Lipinski definition) is 0. The number of benzene rings is 8. The van der Waals surface area contributed by atoms with Crippen LogP contribution in [0.5, 0.6) is 0 Å². The number of thiophene rings is 1. The molecule has 0 unspecified atom stereocenters. The Kier molecular flexibility index (Phi) is 8.66. The maximum Gasteiger partial charge on any atom is 0.343 e. The van der Waals surface area contributed by atoms with Gasteiger partial charge in [0.1, 0.15) is 5.58 Å². The Hall–Kier alpha value is -6.82. The van der Waals surface area contributed by atoms with Gasteiger partial charge < -0.3 is 14.1 Å². The first kappa shape index (κ1) is 40.5. The van der Waals surface area contributed by atoms with Gasteiger partial charge in [-0.3, -0.25) is 0 Å². The van der Waals surface area contributed by atoms with Crippen LogP contribution in [0.3, 0.4) is 0 Å². The fourth-order valence-electron chi connectivity index (χ4n) is 11.7. The Balaban J connectivity index is 1.20. The summed E-state index contributed by atoms with van der Waals surface area (Å²) < 4.78 is 9.88. The molecule has 4 heterocycles. The van der Waals surface area contributed by atoms with Crippen molar-refractivity contribution in [3.63, 3.8) is 0 Å². The van der Waals surface area contributed by atoms with Crippen LogP contribution < -0.4 is 20.0 Å². The molecule has 0 saturated carbocycles. The molecule has 2 aromatic heterocycles. The summed E-state index contributed by atoms with van der Waals surface area (Å²) in [5.41, 5.74) is 20.7. The van der Waals surface area contributed by atoms with Gasteiger partial charge in [0.25, 0.3) is 0 Å². The predicted molar refractivity (Wildman–Crippen MR) is 288 cm³/mol. The Bertz CT molecular complexity index is 3650. The quantitative estimate of drug-likeness (QED) is 0.164. The monoisotopic (exact) mass is 884 g/mol. The lowest BCUT2D eigenvalue weighted by atomic mass is 9.46. The smallest absolute Gasteiger partial charge is 0.343 e. The van der Waals surface area contributed by atoms with E-state index in [1.54, 1.807) is 0 Å². The summed E-state index contributed by atoms with van der Waals surface area (Å²) in [7, 11) is 0. The first-order valence-electron chi connectivity index (χ1n) is 24.0. The van der Waals surface area contributed by atoms with Crippen molar-refractivity contribution in [3.05, 3.63) is 187 Å². The average Bonchev–Trinajstić information content (AvgIpc) is 3.92. The van der Waals surface area contributed by atoms with E-state index in [9.17, 15) is 0 Å². The van der Waals surface area contributed by atoms with Crippen LogP contribution in [-0.2, 0) is 16.2 Å². The molecule has 0 fully saturated rings. The van der Waals surface area contributed by atoms with Gasteiger partial charge in [-0.05, 0) is 122 Å². The number of anilines is 5. The van der Waals surface area contributed by atoms with Crippen LogP contribution in [0, 0.1) is 0 Å². The highest BCUT2D eigenvalue weighted by molar-refractivity contribution is 7.32. The van der Waals surface area contributed by atoms with E-state index >= 15 is 0 Å². The molecule has 0 radical (unpaired) electrons. The van der Waals surface area contributed by atoms with Crippen LogP contribution in [0.1, 0.15) is 78.0 Å². The summed E-state index contributed by atoms with van der Waals surface area (Å²) in [5.74, 6) is 0. The second-order valence-electron chi connectivity index (χ2n) is 21.5. The molecule has 2 aliphatic heterocycles. The minimum Gasteiger partial charge on any atom is -0.454 e. The van der Waals surface area contributed by atoms with Crippen molar-refractivity contribution < 1.29 is 4.42 Å². The van der Waals surface area contributed by atoms with Gasteiger partial charge in [-0.25, -0.2) is 0 Å². The number of hydrogen-bond acceptors (Lipinski definition) is 4. The van der Waals surface area contributed by atoms with Crippen LogP contribution in [-0.4, -0.2) is 6.85 Å². The summed E-state index contributed by atoms with van der Waals surface area (Å²) in [5, 5.41) is 3.51. The number of nitrogens with zero attached hydrogens (tertiary/aromatic N) is 2. The molecule has 8 aromatic carbocycles. The summed E-state index contributed by atoms with van der Waals surface area (Å²) >= 11 is 1.94. The van der Waals surface area contributed by atoms with Gasteiger partial charge >= 0.3 is 6.85 Å². The first-order valence-corrected chi connectivity index (χ1v) is 24.8. The normalized spacial score (nSPS) is 15.7. The molecule has 0 atom stereocenters. The predicted octanol–water partition coefficient (Wildman–Crippen LogP) is 16.5. The Morgan fingerprint density at radius 2 is 1.22 bits per heavy atom. The van der Waals surface area contributed by atoms with Crippen molar-refractivity contribution in [2.75, 3.05) is 9.71 Å². The molecule has 5 heteroatoms. The molecule has 10 aromatic rings. The van der Waals surface area contributed by atoms with E-state index in [2.05, 4.69) is 228 Å². The molecule has 1 aliphatic carbocycles. The number of furan rings is 1. The molecular weight excluding hydrogens is 832 g/mol. The lowest BCUT2D eigenvalue weighted by molar-refractivity contribution is 0.332. The van der Waals surface area contributed by atoms with Crippen molar-refractivity contribution in [3.8, 4) is 33.4 Å². The molecular formula is C62H53BN2OS. The SMILES string of the molecule is CC(C)(C)c1ccc(N2c3c(sc4ccccc34)B3c4c(cc5c(oc6ccccc65)c42)-c2ccc(-c4ccccc4)cc2N3c2ccc3c(c2)C(C)(C)CCC3(C)C)c(-c2ccccc2)c1. The summed E-state index contributed by atoms with van der Waals surface area (Å²) in [6.07, 6.45) is 2.33. The third kappa shape index (κ3) is 6.03. The van der Waals surface area contributed by atoms with Crippen LogP contribution in [0.4, 0.5) is 28.4 Å². The second-order valence-corrected chi connectivity index (χ2v) is 22.6. The summed E-state index contributed by atoms with van der Waals surface area (Å²) in [4.78, 5) is 5.33. The van der Waals surface area contributed by atoms with E-state index in [0.29, 0.717) is 0 Å². The van der Waals surface area contributed by atoms with E-state index in [1.807, 2.05) is 11.3 Å². The van der Waals surface area contributed by atoms with E-state index in [1.165, 1.54) is 93.9 Å². The molecule has 3 nitrogen and oxygen atoms in total. The van der Waals surface area contributed by atoms with Crippen molar-refractivity contribution in [1.82, 2.24) is 0 Å². The lowest BCUT2D eigenvalue weighted by Gasteiger charge is -2.46. The van der Waals surface area contributed by atoms with E-state index in [0.717, 1.165) is 39.7 Å². The van der Waals surface area contributed by atoms with Gasteiger partial charge in [0, 0.05) is 48.1 Å². The van der Waals surface area contributed by atoms with E-state index in [4.69, 9.17) is 4.42 Å². The van der Waals surface area contributed by atoms with Gasteiger partial charge in [0.15, 0.2) is 5.58 Å². The Morgan fingerprint density at radius 1 is 0.537 bits per heavy atom. The highest BCUT2D eigenvalue weighted by Crippen LogP contribution is 2.56. The summed E-state index contributed by atoms with van der Waals surface area (Å²) in [6.45, 7) is 16.6. The van der Waals surface area contributed by atoms with Crippen LogP contribution in [0.2, 0.25) is 0 Å². The van der Waals surface area contributed by atoms with Gasteiger partial charge in [0.05, 0.1) is 17.1 Å².